The van der Waals surface area contributed by atoms with Crippen molar-refractivity contribution in [3.8, 4) is 0 Å². The maximum atomic E-state index is 10.5. The topological polar surface area (TPSA) is 40.5 Å². The van der Waals surface area contributed by atoms with E-state index < -0.39 is 5.97 Å². The molecule has 0 aliphatic rings. The summed E-state index contributed by atoms with van der Waals surface area (Å²) in [6, 6.07) is 10.7. The third kappa shape index (κ3) is 4.49. The summed E-state index contributed by atoms with van der Waals surface area (Å²) in [5.74, 6) is -0.216. The Bertz CT molecular complexity index is 362. The van der Waals surface area contributed by atoms with Gasteiger partial charge in [0.15, 0.2) is 0 Å². The monoisotopic (exact) mass is 249 g/mol. The summed E-state index contributed by atoms with van der Waals surface area (Å²) in [7, 11) is 2.07. The first-order valence-electron chi connectivity index (χ1n) is 6.49. The molecule has 0 aliphatic heterocycles. The molecule has 1 aromatic carbocycles. The van der Waals surface area contributed by atoms with Crippen molar-refractivity contribution in [1.29, 1.82) is 0 Å². The van der Waals surface area contributed by atoms with Gasteiger partial charge in [-0.25, -0.2) is 0 Å². The second kappa shape index (κ2) is 7.17. The molecular formula is C15H23NO2. The van der Waals surface area contributed by atoms with Gasteiger partial charge in [-0.1, -0.05) is 44.2 Å². The van der Waals surface area contributed by atoms with E-state index in [9.17, 15) is 4.79 Å². The van der Waals surface area contributed by atoms with Gasteiger partial charge in [0.1, 0.15) is 0 Å². The number of carboxylic acid groups (broad SMARTS) is 1. The number of aliphatic carboxylic acids is 1. The predicted molar refractivity (Wildman–Crippen MR) is 73.5 cm³/mol. The Morgan fingerprint density at radius 3 is 2.39 bits per heavy atom. The van der Waals surface area contributed by atoms with E-state index >= 15 is 0 Å². The van der Waals surface area contributed by atoms with Gasteiger partial charge in [-0.15, -0.1) is 0 Å². The standard InChI is InChI=1S/C15H23NO2/c1-12(2)15(13-8-5-4-6-9-13)16(3)11-7-10-14(17)18/h4-6,8-9,12,15H,7,10-11H2,1-3H3,(H,17,18). The molecule has 0 aliphatic carbocycles. The Labute approximate surface area is 109 Å². The highest BCUT2D eigenvalue weighted by atomic mass is 16.4. The van der Waals surface area contributed by atoms with Gasteiger partial charge in [0.05, 0.1) is 0 Å². The first-order chi connectivity index (χ1) is 8.52. The van der Waals surface area contributed by atoms with Crippen molar-refractivity contribution in [2.45, 2.75) is 32.7 Å². The van der Waals surface area contributed by atoms with Crippen LogP contribution in [0.3, 0.4) is 0 Å². The van der Waals surface area contributed by atoms with E-state index in [2.05, 4.69) is 50.1 Å². The first kappa shape index (κ1) is 14.7. The molecule has 100 valence electrons. The number of hydrogen-bond acceptors (Lipinski definition) is 2. The molecule has 18 heavy (non-hydrogen) atoms. The molecule has 1 atom stereocenters. The van der Waals surface area contributed by atoms with E-state index in [1.54, 1.807) is 0 Å². The van der Waals surface area contributed by atoms with Gasteiger partial charge in [-0.3, -0.25) is 9.69 Å². The van der Waals surface area contributed by atoms with Gasteiger partial charge in [0.25, 0.3) is 0 Å². The molecule has 1 N–H and O–H groups in total. The molecule has 0 radical (unpaired) electrons. The second-order valence-electron chi connectivity index (χ2n) is 5.08. The van der Waals surface area contributed by atoms with Crippen LogP contribution in [0.15, 0.2) is 30.3 Å². The minimum atomic E-state index is -0.718. The first-order valence-corrected chi connectivity index (χ1v) is 6.49. The largest absolute Gasteiger partial charge is 0.481 e. The van der Waals surface area contributed by atoms with Crippen molar-refractivity contribution in [2.75, 3.05) is 13.6 Å². The number of nitrogens with zero attached hydrogens (tertiary/aromatic N) is 1. The van der Waals surface area contributed by atoms with Crippen LogP contribution < -0.4 is 0 Å². The molecule has 0 amide bonds. The number of carbonyl (C=O) groups is 1. The maximum Gasteiger partial charge on any atom is 0.303 e. The van der Waals surface area contributed by atoms with Crippen molar-refractivity contribution in [1.82, 2.24) is 4.90 Å². The molecule has 1 unspecified atom stereocenters. The Balaban J connectivity index is 2.65. The molecule has 1 rings (SSSR count). The van der Waals surface area contributed by atoms with Crippen molar-refractivity contribution >= 4 is 5.97 Å². The molecule has 3 heteroatoms. The zero-order valence-electron chi connectivity index (χ0n) is 11.5. The quantitative estimate of drug-likeness (QED) is 0.807. The van der Waals surface area contributed by atoms with Crippen LogP contribution in [0, 0.1) is 5.92 Å². The van der Waals surface area contributed by atoms with E-state index in [4.69, 9.17) is 5.11 Å². The highest BCUT2D eigenvalue weighted by molar-refractivity contribution is 5.66. The molecular weight excluding hydrogens is 226 g/mol. The maximum absolute atomic E-state index is 10.5. The van der Waals surface area contributed by atoms with Crippen molar-refractivity contribution in [3.05, 3.63) is 35.9 Å². The second-order valence-corrected chi connectivity index (χ2v) is 5.08. The van der Waals surface area contributed by atoms with Crippen molar-refractivity contribution < 1.29 is 9.90 Å². The summed E-state index contributed by atoms with van der Waals surface area (Å²) in [4.78, 5) is 12.8. The zero-order valence-corrected chi connectivity index (χ0v) is 11.5. The van der Waals surface area contributed by atoms with Crippen LogP contribution in [0.2, 0.25) is 0 Å². The van der Waals surface area contributed by atoms with E-state index in [0.29, 0.717) is 18.4 Å². The van der Waals surface area contributed by atoms with Crippen LogP contribution in [-0.4, -0.2) is 29.6 Å². The Morgan fingerprint density at radius 2 is 1.89 bits per heavy atom. The number of benzene rings is 1. The summed E-state index contributed by atoms with van der Waals surface area (Å²) in [5, 5.41) is 8.67. The van der Waals surface area contributed by atoms with Crippen LogP contribution >= 0.6 is 0 Å². The molecule has 3 nitrogen and oxygen atoms in total. The SMILES string of the molecule is CC(C)C(c1ccccc1)N(C)CCCC(=O)O. The number of hydrogen-bond donors (Lipinski definition) is 1. The number of carboxylic acids is 1. The predicted octanol–water partition coefficient (Wildman–Crippen LogP) is 3.18. The smallest absolute Gasteiger partial charge is 0.303 e. The van der Waals surface area contributed by atoms with Crippen LogP contribution in [-0.2, 0) is 4.79 Å². The average Bonchev–Trinajstić information content (AvgIpc) is 2.29. The van der Waals surface area contributed by atoms with Gasteiger partial charge in [0.2, 0.25) is 0 Å². The lowest BCUT2D eigenvalue weighted by molar-refractivity contribution is -0.137. The fourth-order valence-electron chi connectivity index (χ4n) is 2.42. The third-order valence-corrected chi connectivity index (χ3v) is 3.15. The molecule has 0 saturated carbocycles. The molecule has 0 heterocycles. The minimum absolute atomic E-state index is 0.240. The van der Waals surface area contributed by atoms with E-state index in [1.807, 2.05) is 6.07 Å². The Hall–Kier alpha value is -1.35. The highest BCUT2D eigenvalue weighted by Gasteiger charge is 2.20. The molecule has 0 saturated heterocycles. The Kier molecular flexibility index (Phi) is 5.86. The van der Waals surface area contributed by atoms with Crippen LogP contribution in [0.1, 0.15) is 38.3 Å². The molecule has 0 spiro atoms. The highest BCUT2D eigenvalue weighted by Crippen LogP contribution is 2.27. The van der Waals surface area contributed by atoms with E-state index in [1.165, 1.54) is 5.56 Å². The Morgan fingerprint density at radius 1 is 1.28 bits per heavy atom. The van der Waals surface area contributed by atoms with Gasteiger partial charge in [0, 0.05) is 12.5 Å². The summed E-state index contributed by atoms with van der Waals surface area (Å²) < 4.78 is 0. The molecule has 1 aromatic rings. The summed E-state index contributed by atoms with van der Waals surface area (Å²) in [6.07, 6.45) is 0.936. The molecule has 0 bridgehead atoms. The lowest BCUT2D eigenvalue weighted by atomic mass is 9.94. The summed E-state index contributed by atoms with van der Waals surface area (Å²) in [5.41, 5.74) is 1.30. The lowest BCUT2D eigenvalue weighted by Gasteiger charge is -2.31. The van der Waals surface area contributed by atoms with E-state index in [0.717, 1.165) is 6.54 Å². The lowest BCUT2D eigenvalue weighted by Crippen LogP contribution is -2.29. The number of rotatable bonds is 7. The van der Waals surface area contributed by atoms with Crippen molar-refractivity contribution in [2.24, 2.45) is 5.92 Å². The van der Waals surface area contributed by atoms with Gasteiger partial charge in [-0.2, -0.15) is 0 Å². The molecule has 0 fully saturated rings. The van der Waals surface area contributed by atoms with Crippen molar-refractivity contribution in [3.63, 3.8) is 0 Å². The van der Waals surface area contributed by atoms with Gasteiger partial charge >= 0.3 is 5.97 Å². The minimum Gasteiger partial charge on any atom is -0.481 e. The van der Waals surface area contributed by atoms with E-state index in [-0.39, 0.29) is 6.42 Å². The van der Waals surface area contributed by atoms with Crippen LogP contribution in [0.4, 0.5) is 0 Å². The zero-order chi connectivity index (χ0) is 13.5. The van der Waals surface area contributed by atoms with Gasteiger partial charge in [-0.05, 0) is 31.5 Å². The third-order valence-electron chi connectivity index (χ3n) is 3.15. The van der Waals surface area contributed by atoms with Crippen LogP contribution in [0.25, 0.3) is 0 Å². The van der Waals surface area contributed by atoms with Gasteiger partial charge < -0.3 is 5.11 Å². The summed E-state index contributed by atoms with van der Waals surface area (Å²) in [6.45, 7) is 5.21. The fourth-order valence-corrected chi connectivity index (χ4v) is 2.42. The summed E-state index contributed by atoms with van der Waals surface area (Å²) >= 11 is 0. The fraction of sp³-hybridized carbons (Fsp3) is 0.533. The molecule has 0 aromatic heterocycles. The van der Waals surface area contributed by atoms with Crippen LogP contribution in [0.5, 0.6) is 0 Å². The average molecular weight is 249 g/mol. The normalized spacial score (nSPS) is 12.9.